The van der Waals surface area contributed by atoms with Gasteiger partial charge in [0.2, 0.25) is 0 Å². The Kier molecular flexibility index (Phi) is 5.01. The van der Waals surface area contributed by atoms with Gasteiger partial charge in [-0.15, -0.1) is 6.58 Å². The second-order valence-corrected chi connectivity index (χ2v) is 5.32. The summed E-state index contributed by atoms with van der Waals surface area (Å²) >= 11 is 1.76. The van der Waals surface area contributed by atoms with Crippen molar-refractivity contribution in [1.29, 1.82) is 0 Å². The molecule has 5 heteroatoms. The zero-order chi connectivity index (χ0) is 14.4. The number of nitrogens with one attached hydrogen (secondary N) is 1. The monoisotopic (exact) mass is 288 g/mol. The highest BCUT2D eigenvalue weighted by Gasteiger charge is 2.11. The summed E-state index contributed by atoms with van der Waals surface area (Å²) in [6, 6.07) is 8.85. The number of carboxylic acid groups (broad SMARTS) is 1. The molecule has 2 N–H and O–H groups in total. The van der Waals surface area contributed by atoms with Crippen LogP contribution in [0.5, 0.6) is 0 Å². The fourth-order valence-corrected chi connectivity index (χ4v) is 2.44. The van der Waals surface area contributed by atoms with E-state index >= 15 is 0 Å². The number of rotatable bonds is 7. The standard InChI is InChI=1S/C15H16N2O2S/c1-2-8-20-9-7-16-14-10-12(15(18)19)11-5-3-4-6-13(11)17-14/h2-6,10H,1,7-9H2,(H,16,17)(H,18,19). The lowest BCUT2D eigenvalue weighted by atomic mass is 10.1. The van der Waals surface area contributed by atoms with Gasteiger partial charge in [-0.1, -0.05) is 24.3 Å². The first-order valence-electron chi connectivity index (χ1n) is 6.28. The molecule has 2 aromatic rings. The highest BCUT2D eigenvalue weighted by atomic mass is 32.2. The SMILES string of the molecule is C=CCSCCNc1cc(C(=O)O)c2ccccc2n1. The van der Waals surface area contributed by atoms with Gasteiger partial charge in [-0.05, 0) is 12.1 Å². The Morgan fingerprint density at radius 2 is 2.25 bits per heavy atom. The Balaban J connectivity index is 2.17. The maximum absolute atomic E-state index is 11.3. The van der Waals surface area contributed by atoms with Crippen LogP contribution >= 0.6 is 11.8 Å². The molecule has 0 fully saturated rings. The van der Waals surface area contributed by atoms with Gasteiger partial charge in [0, 0.05) is 23.4 Å². The molecule has 0 aliphatic carbocycles. The molecule has 0 atom stereocenters. The summed E-state index contributed by atoms with van der Waals surface area (Å²) in [6.07, 6.45) is 1.86. The van der Waals surface area contributed by atoms with Gasteiger partial charge in [-0.2, -0.15) is 11.8 Å². The average molecular weight is 288 g/mol. The number of carbonyl (C=O) groups is 1. The molecule has 104 valence electrons. The molecule has 1 aromatic carbocycles. The summed E-state index contributed by atoms with van der Waals surface area (Å²) in [4.78, 5) is 15.7. The van der Waals surface area contributed by atoms with E-state index in [9.17, 15) is 9.90 Å². The van der Waals surface area contributed by atoms with Crippen molar-refractivity contribution in [1.82, 2.24) is 4.98 Å². The van der Waals surface area contributed by atoms with Crippen molar-refractivity contribution in [2.75, 3.05) is 23.4 Å². The third-order valence-corrected chi connectivity index (χ3v) is 3.70. The van der Waals surface area contributed by atoms with E-state index in [1.807, 2.05) is 24.3 Å². The van der Waals surface area contributed by atoms with E-state index in [1.165, 1.54) is 0 Å². The molecule has 2 rings (SSSR count). The fraction of sp³-hybridized carbons (Fsp3) is 0.200. The smallest absolute Gasteiger partial charge is 0.336 e. The zero-order valence-electron chi connectivity index (χ0n) is 11.0. The highest BCUT2D eigenvalue weighted by molar-refractivity contribution is 7.99. The van der Waals surface area contributed by atoms with Crippen LogP contribution in [0.3, 0.4) is 0 Å². The van der Waals surface area contributed by atoms with Gasteiger partial charge < -0.3 is 10.4 Å². The molecule has 0 radical (unpaired) electrons. The molecule has 0 saturated heterocycles. The number of carboxylic acids is 1. The van der Waals surface area contributed by atoms with Crippen molar-refractivity contribution in [3.05, 3.63) is 48.6 Å². The number of para-hydroxylation sites is 1. The number of fused-ring (bicyclic) bond motifs is 1. The topological polar surface area (TPSA) is 62.2 Å². The second kappa shape index (κ2) is 6.96. The van der Waals surface area contributed by atoms with E-state index in [0.29, 0.717) is 16.7 Å². The Bertz CT molecular complexity index is 628. The van der Waals surface area contributed by atoms with Gasteiger partial charge in [0.05, 0.1) is 11.1 Å². The number of hydrogen-bond acceptors (Lipinski definition) is 4. The van der Waals surface area contributed by atoms with E-state index in [2.05, 4.69) is 16.9 Å². The predicted molar refractivity (Wildman–Crippen MR) is 84.7 cm³/mol. The number of hydrogen-bond donors (Lipinski definition) is 2. The van der Waals surface area contributed by atoms with Crippen LogP contribution in [0.1, 0.15) is 10.4 Å². The van der Waals surface area contributed by atoms with Crippen LogP contribution in [-0.2, 0) is 0 Å². The first-order chi connectivity index (χ1) is 9.72. The minimum atomic E-state index is -0.937. The van der Waals surface area contributed by atoms with Crippen molar-refractivity contribution >= 4 is 34.5 Å². The normalized spacial score (nSPS) is 10.4. The van der Waals surface area contributed by atoms with Crippen molar-refractivity contribution in [3.63, 3.8) is 0 Å². The molecule has 0 aliphatic rings. The number of aromatic nitrogens is 1. The van der Waals surface area contributed by atoms with E-state index in [4.69, 9.17) is 0 Å². The molecule has 1 heterocycles. The summed E-state index contributed by atoms with van der Waals surface area (Å²) in [7, 11) is 0. The number of aromatic carboxylic acids is 1. The fourth-order valence-electron chi connectivity index (χ4n) is 1.86. The number of pyridine rings is 1. The van der Waals surface area contributed by atoms with E-state index in [0.717, 1.165) is 18.1 Å². The molecule has 0 bridgehead atoms. The van der Waals surface area contributed by atoms with Gasteiger partial charge >= 0.3 is 5.97 Å². The Morgan fingerprint density at radius 1 is 1.45 bits per heavy atom. The minimum absolute atomic E-state index is 0.275. The summed E-state index contributed by atoms with van der Waals surface area (Å²) in [5, 5.41) is 13.1. The lowest BCUT2D eigenvalue weighted by molar-refractivity contribution is 0.0699. The van der Waals surface area contributed by atoms with Gasteiger partial charge in [0.1, 0.15) is 5.82 Å². The maximum Gasteiger partial charge on any atom is 0.336 e. The van der Waals surface area contributed by atoms with Crippen molar-refractivity contribution in [2.45, 2.75) is 0 Å². The average Bonchev–Trinajstić information content (AvgIpc) is 2.46. The molecule has 1 aromatic heterocycles. The molecule has 0 unspecified atom stereocenters. The molecule has 20 heavy (non-hydrogen) atoms. The quantitative estimate of drug-likeness (QED) is 0.605. The molecular weight excluding hydrogens is 272 g/mol. The van der Waals surface area contributed by atoms with E-state index in [-0.39, 0.29) is 5.56 Å². The van der Waals surface area contributed by atoms with Crippen LogP contribution in [0, 0.1) is 0 Å². The Labute approximate surface area is 121 Å². The van der Waals surface area contributed by atoms with Crippen molar-refractivity contribution < 1.29 is 9.90 Å². The molecule has 0 amide bonds. The third-order valence-electron chi connectivity index (χ3n) is 2.73. The summed E-state index contributed by atoms with van der Waals surface area (Å²) in [5.74, 6) is 1.49. The minimum Gasteiger partial charge on any atom is -0.478 e. The van der Waals surface area contributed by atoms with Crippen LogP contribution in [0.15, 0.2) is 43.0 Å². The number of nitrogens with zero attached hydrogens (tertiary/aromatic N) is 1. The molecule has 0 saturated carbocycles. The molecule has 4 nitrogen and oxygen atoms in total. The van der Waals surface area contributed by atoms with Crippen LogP contribution in [0.4, 0.5) is 5.82 Å². The first-order valence-corrected chi connectivity index (χ1v) is 7.43. The zero-order valence-corrected chi connectivity index (χ0v) is 11.8. The Morgan fingerprint density at radius 3 is 3.00 bits per heavy atom. The molecule has 0 spiro atoms. The second-order valence-electron chi connectivity index (χ2n) is 4.17. The van der Waals surface area contributed by atoms with Crippen molar-refractivity contribution in [2.24, 2.45) is 0 Å². The van der Waals surface area contributed by atoms with Gasteiger partial charge in [-0.3, -0.25) is 0 Å². The van der Waals surface area contributed by atoms with Gasteiger partial charge in [0.15, 0.2) is 0 Å². The first kappa shape index (κ1) is 14.4. The van der Waals surface area contributed by atoms with Crippen LogP contribution in [0.25, 0.3) is 10.9 Å². The number of benzene rings is 1. The van der Waals surface area contributed by atoms with Gasteiger partial charge in [0.25, 0.3) is 0 Å². The lowest BCUT2D eigenvalue weighted by Crippen LogP contribution is -2.08. The Hall–Kier alpha value is -2.01. The highest BCUT2D eigenvalue weighted by Crippen LogP contribution is 2.20. The largest absolute Gasteiger partial charge is 0.478 e. The third kappa shape index (κ3) is 3.51. The van der Waals surface area contributed by atoms with Crippen molar-refractivity contribution in [3.8, 4) is 0 Å². The van der Waals surface area contributed by atoms with E-state index < -0.39 is 5.97 Å². The number of thioether (sulfide) groups is 1. The summed E-state index contributed by atoms with van der Waals surface area (Å²) in [5.41, 5.74) is 0.963. The molecule has 0 aliphatic heterocycles. The summed E-state index contributed by atoms with van der Waals surface area (Å²) in [6.45, 7) is 4.40. The predicted octanol–water partition coefficient (Wildman–Crippen LogP) is 3.26. The van der Waals surface area contributed by atoms with Crippen LogP contribution < -0.4 is 5.32 Å². The maximum atomic E-state index is 11.3. The summed E-state index contributed by atoms with van der Waals surface area (Å²) < 4.78 is 0. The van der Waals surface area contributed by atoms with Gasteiger partial charge in [-0.25, -0.2) is 9.78 Å². The lowest BCUT2D eigenvalue weighted by Gasteiger charge is -2.08. The molecular formula is C15H16N2O2S. The van der Waals surface area contributed by atoms with Crippen LogP contribution in [-0.4, -0.2) is 34.1 Å². The number of anilines is 1. The van der Waals surface area contributed by atoms with E-state index in [1.54, 1.807) is 23.9 Å². The van der Waals surface area contributed by atoms with Crippen LogP contribution in [0.2, 0.25) is 0 Å².